The summed E-state index contributed by atoms with van der Waals surface area (Å²) in [7, 11) is 1.61. The van der Waals surface area contributed by atoms with Crippen molar-refractivity contribution in [2.45, 2.75) is 32.1 Å². The van der Waals surface area contributed by atoms with E-state index in [9.17, 15) is 9.59 Å². The van der Waals surface area contributed by atoms with Gasteiger partial charge in [0.1, 0.15) is 0 Å². The Hall–Kier alpha value is -1.36. The number of thiophene rings is 1. The van der Waals surface area contributed by atoms with Crippen molar-refractivity contribution in [3.05, 3.63) is 21.4 Å². The quantitative estimate of drug-likeness (QED) is 0.844. The van der Waals surface area contributed by atoms with Crippen molar-refractivity contribution < 1.29 is 9.59 Å². The number of likely N-dealkylation sites (N-methyl/N-ethyl adjacent to an activating group) is 1. The Kier molecular flexibility index (Phi) is 4.01. The van der Waals surface area contributed by atoms with Crippen LogP contribution in [0.1, 0.15) is 39.4 Å². The van der Waals surface area contributed by atoms with E-state index >= 15 is 0 Å². The minimum absolute atomic E-state index is 0.0264. The van der Waals surface area contributed by atoms with Crippen LogP contribution >= 0.6 is 11.3 Å². The molecule has 98 valence electrons. The summed E-state index contributed by atoms with van der Waals surface area (Å²) in [6, 6.07) is 1.99. The number of carbonyl (C=O) groups is 2. The van der Waals surface area contributed by atoms with Crippen LogP contribution in [-0.2, 0) is 17.6 Å². The number of nitrogens with two attached hydrogens (primary N) is 1. The van der Waals surface area contributed by atoms with Gasteiger partial charge in [0.05, 0.1) is 11.4 Å². The maximum Gasteiger partial charge on any atom is 0.264 e. The van der Waals surface area contributed by atoms with Crippen molar-refractivity contribution in [1.29, 1.82) is 0 Å². The van der Waals surface area contributed by atoms with Crippen LogP contribution in [0, 0.1) is 0 Å². The summed E-state index contributed by atoms with van der Waals surface area (Å²) in [5.41, 5.74) is 6.41. The van der Waals surface area contributed by atoms with Crippen molar-refractivity contribution >= 4 is 23.2 Å². The van der Waals surface area contributed by atoms with Crippen LogP contribution in [0.25, 0.3) is 0 Å². The van der Waals surface area contributed by atoms with E-state index in [0.29, 0.717) is 0 Å². The topological polar surface area (TPSA) is 63.4 Å². The molecular weight excluding hydrogens is 248 g/mol. The maximum absolute atomic E-state index is 12.1. The van der Waals surface area contributed by atoms with Gasteiger partial charge in [0.15, 0.2) is 0 Å². The summed E-state index contributed by atoms with van der Waals surface area (Å²) >= 11 is 1.57. The Balaban J connectivity index is 2.14. The predicted octanol–water partition coefficient (Wildman–Crippen LogP) is 1.57. The third kappa shape index (κ3) is 2.90. The van der Waals surface area contributed by atoms with E-state index in [0.717, 1.165) is 17.7 Å². The molecule has 0 aromatic carbocycles. The number of amides is 2. The van der Waals surface area contributed by atoms with Gasteiger partial charge in [-0.2, -0.15) is 0 Å². The molecule has 0 radical (unpaired) electrons. The molecule has 0 bridgehead atoms. The second-order valence-electron chi connectivity index (χ2n) is 4.75. The lowest BCUT2D eigenvalue weighted by Gasteiger charge is -2.13. The first-order chi connectivity index (χ1) is 8.58. The monoisotopic (exact) mass is 266 g/mol. The SMILES string of the molecule is CN(CC(N)=O)C(=O)c1cc2c(s1)CCCCC2. The Labute approximate surface area is 111 Å². The van der Waals surface area contributed by atoms with Gasteiger partial charge in [-0.15, -0.1) is 11.3 Å². The third-order valence-electron chi connectivity index (χ3n) is 3.20. The van der Waals surface area contributed by atoms with Gasteiger partial charge in [-0.25, -0.2) is 0 Å². The summed E-state index contributed by atoms with van der Waals surface area (Å²) < 4.78 is 0. The molecule has 0 fully saturated rings. The fourth-order valence-electron chi connectivity index (χ4n) is 2.27. The number of nitrogens with zero attached hydrogens (tertiary/aromatic N) is 1. The van der Waals surface area contributed by atoms with E-state index in [4.69, 9.17) is 5.73 Å². The normalized spacial score (nSPS) is 14.7. The lowest BCUT2D eigenvalue weighted by molar-refractivity contribution is -0.118. The van der Waals surface area contributed by atoms with Crippen molar-refractivity contribution in [3.63, 3.8) is 0 Å². The molecule has 0 saturated carbocycles. The highest BCUT2D eigenvalue weighted by atomic mass is 32.1. The minimum Gasteiger partial charge on any atom is -0.368 e. The van der Waals surface area contributed by atoms with E-state index in [1.54, 1.807) is 18.4 Å². The summed E-state index contributed by atoms with van der Waals surface area (Å²) in [5, 5.41) is 0. The van der Waals surface area contributed by atoms with E-state index < -0.39 is 5.91 Å². The summed E-state index contributed by atoms with van der Waals surface area (Å²) in [6.45, 7) is -0.0264. The number of hydrogen-bond donors (Lipinski definition) is 1. The highest BCUT2D eigenvalue weighted by Gasteiger charge is 2.19. The van der Waals surface area contributed by atoms with Crippen LogP contribution in [0.15, 0.2) is 6.07 Å². The van der Waals surface area contributed by atoms with E-state index in [1.807, 2.05) is 6.07 Å². The zero-order chi connectivity index (χ0) is 13.1. The van der Waals surface area contributed by atoms with Crippen LogP contribution in [0.2, 0.25) is 0 Å². The molecule has 1 heterocycles. The fraction of sp³-hybridized carbons (Fsp3) is 0.538. The van der Waals surface area contributed by atoms with Gasteiger partial charge in [-0.1, -0.05) is 6.42 Å². The number of carbonyl (C=O) groups excluding carboxylic acids is 2. The van der Waals surface area contributed by atoms with Gasteiger partial charge in [-0.05, 0) is 37.3 Å². The number of primary amides is 1. The van der Waals surface area contributed by atoms with Crippen LogP contribution in [0.4, 0.5) is 0 Å². The predicted molar refractivity (Wildman–Crippen MR) is 71.7 cm³/mol. The van der Waals surface area contributed by atoms with Gasteiger partial charge in [0.2, 0.25) is 5.91 Å². The Bertz CT molecular complexity index is 444. The van der Waals surface area contributed by atoms with Crippen molar-refractivity contribution in [1.82, 2.24) is 4.90 Å². The second kappa shape index (κ2) is 5.52. The smallest absolute Gasteiger partial charge is 0.264 e. The molecular formula is C13H18N2O2S. The lowest BCUT2D eigenvalue weighted by Crippen LogP contribution is -2.34. The summed E-state index contributed by atoms with van der Waals surface area (Å²) in [6.07, 6.45) is 5.82. The van der Waals surface area contributed by atoms with Crippen molar-refractivity contribution in [2.75, 3.05) is 13.6 Å². The molecule has 0 saturated heterocycles. The molecule has 1 aliphatic rings. The molecule has 0 unspecified atom stereocenters. The first-order valence-corrected chi connectivity index (χ1v) is 7.05. The van der Waals surface area contributed by atoms with Crippen LogP contribution in [0.3, 0.4) is 0 Å². The van der Waals surface area contributed by atoms with Crippen LogP contribution in [0.5, 0.6) is 0 Å². The third-order valence-corrected chi connectivity index (χ3v) is 4.42. The van der Waals surface area contributed by atoms with Crippen molar-refractivity contribution in [2.24, 2.45) is 5.73 Å². The standard InChI is InChI=1S/C13H18N2O2S/c1-15(8-12(14)16)13(17)11-7-9-5-3-2-4-6-10(9)18-11/h7H,2-6,8H2,1H3,(H2,14,16). The second-order valence-corrected chi connectivity index (χ2v) is 5.88. The van der Waals surface area contributed by atoms with E-state index in [1.165, 1.54) is 34.6 Å². The molecule has 2 N–H and O–H groups in total. The summed E-state index contributed by atoms with van der Waals surface area (Å²) in [4.78, 5) is 26.4. The highest BCUT2D eigenvalue weighted by Crippen LogP contribution is 2.29. The lowest BCUT2D eigenvalue weighted by atomic mass is 10.1. The van der Waals surface area contributed by atoms with Crippen molar-refractivity contribution in [3.8, 4) is 0 Å². The molecule has 1 aromatic heterocycles. The summed E-state index contributed by atoms with van der Waals surface area (Å²) in [5.74, 6) is -0.587. The van der Waals surface area contributed by atoms with Gasteiger partial charge < -0.3 is 10.6 Å². The minimum atomic E-state index is -0.482. The largest absolute Gasteiger partial charge is 0.368 e. The number of hydrogen-bond acceptors (Lipinski definition) is 3. The van der Waals surface area contributed by atoms with Gasteiger partial charge in [0, 0.05) is 11.9 Å². The molecule has 0 aliphatic heterocycles. The van der Waals surface area contributed by atoms with Gasteiger partial charge >= 0.3 is 0 Å². The fourth-order valence-corrected chi connectivity index (χ4v) is 3.51. The maximum atomic E-state index is 12.1. The Morgan fingerprint density at radius 3 is 2.78 bits per heavy atom. The molecule has 2 rings (SSSR count). The number of aryl methyl sites for hydroxylation is 2. The molecule has 2 amide bonds. The zero-order valence-corrected chi connectivity index (χ0v) is 11.4. The Morgan fingerprint density at radius 1 is 1.33 bits per heavy atom. The zero-order valence-electron chi connectivity index (χ0n) is 10.6. The number of fused-ring (bicyclic) bond motifs is 1. The molecule has 4 nitrogen and oxygen atoms in total. The first kappa shape index (κ1) is 13.1. The van der Waals surface area contributed by atoms with E-state index in [-0.39, 0.29) is 12.5 Å². The van der Waals surface area contributed by atoms with Crippen LogP contribution in [-0.4, -0.2) is 30.3 Å². The molecule has 0 spiro atoms. The van der Waals surface area contributed by atoms with Gasteiger partial charge in [0.25, 0.3) is 5.91 Å². The Morgan fingerprint density at radius 2 is 2.06 bits per heavy atom. The number of rotatable bonds is 3. The highest BCUT2D eigenvalue weighted by molar-refractivity contribution is 7.14. The molecule has 0 atom stereocenters. The molecule has 5 heteroatoms. The molecule has 18 heavy (non-hydrogen) atoms. The van der Waals surface area contributed by atoms with Gasteiger partial charge in [-0.3, -0.25) is 9.59 Å². The molecule has 1 aliphatic carbocycles. The van der Waals surface area contributed by atoms with Crippen LogP contribution < -0.4 is 5.73 Å². The average Bonchev–Trinajstić information content (AvgIpc) is 2.59. The molecule has 1 aromatic rings. The average molecular weight is 266 g/mol. The van der Waals surface area contributed by atoms with E-state index in [2.05, 4.69) is 0 Å². The first-order valence-electron chi connectivity index (χ1n) is 6.23.